The fraction of sp³-hybridized carbons (Fsp3) is 0.600. The van der Waals surface area contributed by atoms with E-state index in [0.717, 1.165) is 18.7 Å². The maximum Gasteiger partial charge on any atom is 0.129 e. The third-order valence-electron chi connectivity index (χ3n) is 2.65. The fourth-order valence-corrected chi connectivity index (χ4v) is 1.94. The summed E-state index contributed by atoms with van der Waals surface area (Å²) in [6.07, 6.45) is 7.91. The lowest BCUT2D eigenvalue weighted by Crippen LogP contribution is -2.35. The molecular formula is C10H16N4. The fourth-order valence-electron chi connectivity index (χ4n) is 1.94. The SMILES string of the molecule is NC1CCCC(Nc2ccncn2)C1. The number of aromatic nitrogens is 2. The van der Waals surface area contributed by atoms with E-state index in [-0.39, 0.29) is 0 Å². The largest absolute Gasteiger partial charge is 0.367 e. The van der Waals surface area contributed by atoms with E-state index in [4.69, 9.17) is 5.73 Å². The van der Waals surface area contributed by atoms with Crippen LogP contribution in [-0.4, -0.2) is 22.1 Å². The van der Waals surface area contributed by atoms with Crippen molar-refractivity contribution in [2.75, 3.05) is 5.32 Å². The molecule has 1 saturated carbocycles. The third-order valence-corrected chi connectivity index (χ3v) is 2.65. The summed E-state index contributed by atoms with van der Waals surface area (Å²) in [5.41, 5.74) is 5.91. The zero-order chi connectivity index (χ0) is 9.80. The Morgan fingerprint density at radius 2 is 2.36 bits per heavy atom. The lowest BCUT2D eigenvalue weighted by atomic mass is 9.92. The molecule has 1 fully saturated rings. The Hall–Kier alpha value is -1.16. The molecule has 0 aromatic carbocycles. The Kier molecular flexibility index (Phi) is 2.93. The normalized spacial score (nSPS) is 27.2. The van der Waals surface area contributed by atoms with E-state index in [1.807, 2.05) is 6.07 Å². The Bertz CT molecular complexity index is 275. The zero-order valence-electron chi connectivity index (χ0n) is 8.19. The van der Waals surface area contributed by atoms with E-state index in [0.29, 0.717) is 12.1 Å². The highest BCUT2D eigenvalue weighted by molar-refractivity contribution is 5.33. The Labute approximate surface area is 83.9 Å². The van der Waals surface area contributed by atoms with Gasteiger partial charge in [-0.2, -0.15) is 0 Å². The number of nitrogens with one attached hydrogen (secondary N) is 1. The summed E-state index contributed by atoms with van der Waals surface area (Å²) < 4.78 is 0. The molecule has 2 rings (SSSR count). The van der Waals surface area contributed by atoms with Crippen molar-refractivity contribution in [3.63, 3.8) is 0 Å². The van der Waals surface area contributed by atoms with Gasteiger partial charge >= 0.3 is 0 Å². The molecule has 1 aliphatic rings. The van der Waals surface area contributed by atoms with Gasteiger partial charge in [-0.15, -0.1) is 0 Å². The van der Waals surface area contributed by atoms with Gasteiger partial charge in [0.25, 0.3) is 0 Å². The molecule has 0 aliphatic heterocycles. The average Bonchev–Trinajstić information content (AvgIpc) is 2.19. The molecule has 2 atom stereocenters. The van der Waals surface area contributed by atoms with E-state index in [9.17, 15) is 0 Å². The molecule has 0 bridgehead atoms. The number of nitrogens with zero attached hydrogens (tertiary/aromatic N) is 2. The number of rotatable bonds is 2. The summed E-state index contributed by atoms with van der Waals surface area (Å²) in [6.45, 7) is 0. The Morgan fingerprint density at radius 3 is 3.07 bits per heavy atom. The topological polar surface area (TPSA) is 63.8 Å². The minimum atomic E-state index is 0.350. The first-order chi connectivity index (χ1) is 6.84. The second-order valence-electron chi connectivity index (χ2n) is 3.86. The second kappa shape index (κ2) is 4.37. The molecule has 2 unspecified atom stereocenters. The minimum absolute atomic E-state index is 0.350. The summed E-state index contributed by atoms with van der Waals surface area (Å²) >= 11 is 0. The van der Waals surface area contributed by atoms with E-state index in [1.54, 1.807) is 12.5 Å². The molecule has 0 radical (unpaired) electrons. The Morgan fingerprint density at radius 1 is 1.43 bits per heavy atom. The predicted octanol–water partition coefficient (Wildman–Crippen LogP) is 1.16. The monoisotopic (exact) mass is 192 g/mol. The molecule has 1 heterocycles. The van der Waals surface area contributed by atoms with E-state index in [1.165, 1.54) is 12.8 Å². The molecule has 14 heavy (non-hydrogen) atoms. The standard InChI is InChI=1S/C10H16N4/c11-8-2-1-3-9(6-8)14-10-4-5-12-7-13-10/h4-5,7-9H,1-3,6,11H2,(H,12,13,14). The summed E-state index contributed by atoms with van der Waals surface area (Å²) in [5.74, 6) is 0.902. The summed E-state index contributed by atoms with van der Waals surface area (Å²) in [7, 11) is 0. The van der Waals surface area contributed by atoms with Crippen LogP contribution in [-0.2, 0) is 0 Å². The van der Waals surface area contributed by atoms with Crippen LogP contribution >= 0.6 is 0 Å². The number of hydrogen-bond donors (Lipinski definition) is 2. The molecule has 3 N–H and O–H groups in total. The number of anilines is 1. The van der Waals surface area contributed by atoms with Gasteiger partial charge in [0.05, 0.1) is 0 Å². The molecule has 1 aromatic heterocycles. The van der Waals surface area contributed by atoms with Crippen LogP contribution in [0.4, 0.5) is 5.82 Å². The van der Waals surface area contributed by atoms with Gasteiger partial charge in [0, 0.05) is 18.3 Å². The highest BCUT2D eigenvalue weighted by Crippen LogP contribution is 2.19. The van der Waals surface area contributed by atoms with Gasteiger partial charge in [-0.05, 0) is 31.7 Å². The van der Waals surface area contributed by atoms with Gasteiger partial charge in [-0.25, -0.2) is 9.97 Å². The molecule has 76 valence electrons. The van der Waals surface area contributed by atoms with Gasteiger partial charge in [0.2, 0.25) is 0 Å². The molecule has 0 spiro atoms. The molecule has 0 saturated heterocycles. The van der Waals surface area contributed by atoms with Crippen molar-refractivity contribution >= 4 is 5.82 Å². The van der Waals surface area contributed by atoms with Crippen molar-refractivity contribution in [1.82, 2.24) is 9.97 Å². The first-order valence-corrected chi connectivity index (χ1v) is 5.13. The van der Waals surface area contributed by atoms with Crippen molar-refractivity contribution in [1.29, 1.82) is 0 Å². The van der Waals surface area contributed by atoms with Gasteiger partial charge < -0.3 is 11.1 Å². The van der Waals surface area contributed by atoms with Crippen LogP contribution in [0.3, 0.4) is 0 Å². The number of hydrogen-bond acceptors (Lipinski definition) is 4. The Balaban J connectivity index is 1.91. The van der Waals surface area contributed by atoms with E-state index in [2.05, 4.69) is 15.3 Å². The summed E-state index contributed by atoms with van der Waals surface area (Å²) in [5, 5.41) is 3.38. The van der Waals surface area contributed by atoms with Crippen LogP contribution in [0.25, 0.3) is 0 Å². The highest BCUT2D eigenvalue weighted by atomic mass is 15.0. The summed E-state index contributed by atoms with van der Waals surface area (Å²) in [4.78, 5) is 8.01. The first kappa shape index (κ1) is 9.40. The summed E-state index contributed by atoms with van der Waals surface area (Å²) in [6, 6.07) is 2.72. The van der Waals surface area contributed by atoms with Crippen LogP contribution in [0, 0.1) is 0 Å². The van der Waals surface area contributed by atoms with Gasteiger partial charge in [-0.3, -0.25) is 0 Å². The highest BCUT2D eigenvalue weighted by Gasteiger charge is 2.18. The van der Waals surface area contributed by atoms with Crippen LogP contribution in [0.15, 0.2) is 18.6 Å². The second-order valence-corrected chi connectivity index (χ2v) is 3.86. The molecular weight excluding hydrogens is 176 g/mol. The maximum absolute atomic E-state index is 5.91. The predicted molar refractivity (Wildman–Crippen MR) is 55.9 cm³/mol. The van der Waals surface area contributed by atoms with Crippen LogP contribution in [0.5, 0.6) is 0 Å². The van der Waals surface area contributed by atoms with Crippen molar-refractivity contribution < 1.29 is 0 Å². The molecule has 0 amide bonds. The quantitative estimate of drug-likeness (QED) is 0.738. The smallest absolute Gasteiger partial charge is 0.129 e. The molecule has 1 aromatic rings. The van der Waals surface area contributed by atoms with Crippen molar-refractivity contribution in [2.24, 2.45) is 5.73 Å². The zero-order valence-corrected chi connectivity index (χ0v) is 8.19. The van der Waals surface area contributed by atoms with Crippen molar-refractivity contribution in [3.05, 3.63) is 18.6 Å². The lowest BCUT2D eigenvalue weighted by molar-refractivity contribution is 0.409. The molecule has 4 nitrogen and oxygen atoms in total. The van der Waals surface area contributed by atoms with Crippen LogP contribution < -0.4 is 11.1 Å². The maximum atomic E-state index is 5.91. The average molecular weight is 192 g/mol. The number of nitrogens with two attached hydrogens (primary N) is 1. The van der Waals surface area contributed by atoms with Gasteiger partial charge in [0.15, 0.2) is 0 Å². The minimum Gasteiger partial charge on any atom is -0.367 e. The lowest BCUT2D eigenvalue weighted by Gasteiger charge is -2.27. The van der Waals surface area contributed by atoms with E-state index < -0.39 is 0 Å². The molecule has 1 aliphatic carbocycles. The van der Waals surface area contributed by atoms with Crippen molar-refractivity contribution in [2.45, 2.75) is 37.8 Å². The first-order valence-electron chi connectivity index (χ1n) is 5.13. The van der Waals surface area contributed by atoms with Crippen LogP contribution in [0.2, 0.25) is 0 Å². The van der Waals surface area contributed by atoms with Crippen LogP contribution in [0.1, 0.15) is 25.7 Å². The van der Waals surface area contributed by atoms with E-state index >= 15 is 0 Å². The van der Waals surface area contributed by atoms with Gasteiger partial charge in [-0.1, -0.05) is 0 Å². The van der Waals surface area contributed by atoms with Crippen molar-refractivity contribution in [3.8, 4) is 0 Å². The van der Waals surface area contributed by atoms with Gasteiger partial charge in [0.1, 0.15) is 12.1 Å². The molecule has 4 heteroatoms. The third kappa shape index (κ3) is 2.42.